The van der Waals surface area contributed by atoms with Gasteiger partial charge in [-0.1, -0.05) is 0 Å². The minimum absolute atomic E-state index is 0.486. The smallest absolute Gasteiger partial charge is 0.165 e. The first-order valence-electron chi connectivity index (χ1n) is 8.64. The number of benzene rings is 1. The molecule has 3 N–H and O–H groups in total. The molecule has 0 saturated heterocycles. The highest BCUT2D eigenvalue weighted by Gasteiger charge is 2.15. The Bertz CT molecular complexity index is 1140. The summed E-state index contributed by atoms with van der Waals surface area (Å²) in [4.78, 5) is 13.6. The van der Waals surface area contributed by atoms with Crippen LogP contribution in [0.25, 0.3) is 28.1 Å². The van der Waals surface area contributed by atoms with Crippen LogP contribution in [0.15, 0.2) is 48.7 Å². The topological polar surface area (TPSA) is 81.7 Å². The third kappa shape index (κ3) is 2.30. The fourth-order valence-corrected chi connectivity index (χ4v) is 3.58. The third-order valence-electron chi connectivity index (χ3n) is 4.81. The van der Waals surface area contributed by atoms with Gasteiger partial charge in [0.05, 0.1) is 5.69 Å². The molecule has 0 spiro atoms. The van der Waals surface area contributed by atoms with Crippen molar-refractivity contribution in [1.29, 1.82) is 0 Å². The number of nitrogens with one attached hydrogen (secondary N) is 1. The Morgan fingerprint density at radius 1 is 1.08 bits per heavy atom. The number of rotatable bonds is 2. The molecule has 0 bridgehead atoms. The molecule has 1 aliphatic heterocycles. The molecule has 26 heavy (non-hydrogen) atoms. The maximum absolute atomic E-state index is 5.82. The summed E-state index contributed by atoms with van der Waals surface area (Å²) in [6, 6.07) is 14.2. The SMILES string of the molecule is Cc1nc2ccc(-c3ccnc(N)c3)nc2n1-c1ccc2c(c1)CCN2. The number of imidazole rings is 1. The van der Waals surface area contributed by atoms with Gasteiger partial charge in [0, 0.05) is 29.7 Å². The number of anilines is 2. The highest BCUT2D eigenvalue weighted by Crippen LogP contribution is 2.28. The maximum Gasteiger partial charge on any atom is 0.165 e. The average Bonchev–Trinajstić information content (AvgIpc) is 3.23. The number of nitrogens with zero attached hydrogens (tertiary/aromatic N) is 4. The molecule has 128 valence electrons. The molecule has 5 rings (SSSR count). The van der Waals surface area contributed by atoms with Gasteiger partial charge >= 0.3 is 0 Å². The average molecular weight is 342 g/mol. The van der Waals surface area contributed by atoms with Gasteiger partial charge in [-0.2, -0.15) is 0 Å². The van der Waals surface area contributed by atoms with E-state index >= 15 is 0 Å². The number of aryl methyl sites for hydroxylation is 1. The van der Waals surface area contributed by atoms with E-state index in [0.717, 1.165) is 46.9 Å². The van der Waals surface area contributed by atoms with Crippen LogP contribution in [0.2, 0.25) is 0 Å². The van der Waals surface area contributed by atoms with Gasteiger partial charge in [-0.05, 0) is 61.4 Å². The Morgan fingerprint density at radius 2 is 2.00 bits per heavy atom. The quantitative estimate of drug-likeness (QED) is 0.584. The largest absolute Gasteiger partial charge is 0.384 e. The van der Waals surface area contributed by atoms with Gasteiger partial charge in [0.25, 0.3) is 0 Å². The lowest BCUT2D eigenvalue weighted by atomic mass is 10.1. The zero-order valence-electron chi connectivity index (χ0n) is 14.4. The summed E-state index contributed by atoms with van der Waals surface area (Å²) in [7, 11) is 0. The van der Waals surface area contributed by atoms with E-state index in [9.17, 15) is 0 Å². The predicted molar refractivity (Wildman–Crippen MR) is 103 cm³/mol. The second-order valence-corrected chi connectivity index (χ2v) is 6.52. The van der Waals surface area contributed by atoms with Crippen molar-refractivity contribution < 1.29 is 0 Å². The first-order valence-corrected chi connectivity index (χ1v) is 8.64. The van der Waals surface area contributed by atoms with Crippen molar-refractivity contribution in [2.45, 2.75) is 13.3 Å². The molecule has 0 radical (unpaired) electrons. The molecular formula is C20H18N6. The van der Waals surface area contributed by atoms with Crippen LogP contribution in [0.5, 0.6) is 0 Å². The Kier molecular flexibility index (Phi) is 3.18. The number of nitrogen functional groups attached to an aromatic ring is 1. The third-order valence-corrected chi connectivity index (χ3v) is 4.81. The predicted octanol–water partition coefficient (Wildman–Crippen LogP) is 3.34. The van der Waals surface area contributed by atoms with Gasteiger partial charge < -0.3 is 11.1 Å². The zero-order chi connectivity index (χ0) is 17.7. The lowest BCUT2D eigenvalue weighted by molar-refractivity contribution is 0.983. The normalized spacial score (nSPS) is 13.0. The highest BCUT2D eigenvalue weighted by molar-refractivity contribution is 5.78. The molecule has 1 aliphatic rings. The van der Waals surface area contributed by atoms with Gasteiger partial charge in [0.2, 0.25) is 0 Å². The first kappa shape index (κ1) is 14.9. The van der Waals surface area contributed by atoms with E-state index in [1.54, 1.807) is 6.20 Å². The van der Waals surface area contributed by atoms with E-state index < -0.39 is 0 Å². The summed E-state index contributed by atoms with van der Waals surface area (Å²) in [5.74, 6) is 1.41. The summed E-state index contributed by atoms with van der Waals surface area (Å²) in [6.07, 6.45) is 2.75. The molecule has 6 heteroatoms. The number of nitrogens with two attached hydrogens (primary N) is 1. The van der Waals surface area contributed by atoms with Crippen molar-refractivity contribution in [3.63, 3.8) is 0 Å². The van der Waals surface area contributed by atoms with Gasteiger partial charge in [0.15, 0.2) is 5.65 Å². The Labute approximate surface area is 150 Å². The standard InChI is InChI=1S/C20H18N6/c1-12-24-18-5-4-17(14-7-9-23-19(21)11-14)25-20(18)26(12)15-2-3-16-13(10-15)6-8-22-16/h2-5,7,9-11,22H,6,8H2,1H3,(H2,21,23). The van der Waals surface area contributed by atoms with Crippen LogP contribution in [0.1, 0.15) is 11.4 Å². The lowest BCUT2D eigenvalue weighted by Crippen LogP contribution is -2.00. The fourth-order valence-electron chi connectivity index (χ4n) is 3.58. The van der Waals surface area contributed by atoms with Crippen LogP contribution < -0.4 is 11.1 Å². The molecular weight excluding hydrogens is 324 g/mol. The zero-order valence-corrected chi connectivity index (χ0v) is 14.4. The molecule has 4 heterocycles. The molecule has 4 aromatic rings. The second-order valence-electron chi connectivity index (χ2n) is 6.52. The number of hydrogen-bond donors (Lipinski definition) is 2. The number of aromatic nitrogens is 4. The van der Waals surface area contributed by atoms with Crippen LogP contribution >= 0.6 is 0 Å². The van der Waals surface area contributed by atoms with Gasteiger partial charge in [-0.3, -0.25) is 4.57 Å². The molecule has 0 saturated carbocycles. The van der Waals surface area contributed by atoms with E-state index in [4.69, 9.17) is 10.7 Å². The van der Waals surface area contributed by atoms with Crippen molar-refractivity contribution in [3.05, 3.63) is 60.0 Å². The van der Waals surface area contributed by atoms with Crippen molar-refractivity contribution in [2.75, 3.05) is 17.6 Å². The van der Waals surface area contributed by atoms with E-state index in [-0.39, 0.29) is 0 Å². The van der Waals surface area contributed by atoms with E-state index in [1.165, 1.54) is 11.3 Å². The molecule has 6 nitrogen and oxygen atoms in total. The number of hydrogen-bond acceptors (Lipinski definition) is 5. The molecule has 0 amide bonds. The van der Waals surface area contributed by atoms with E-state index in [0.29, 0.717) is 5.82 Å². The summed E-state index contributed by atoms with van der Waals surface area (Å²) >= 11 is 0. The fraction of sp³-hybridized carbons (Fsp3) is 0.150. The molecule has 0 unspecified atom stereocenters. The summed E-state index contributed by atoms with van der Waals surface area (Å²) in [5, 5.41) is 3.40. The molecule has 1 aromatic carbocycles. The second kappa shape index (κ2) is 5.56. The van der Waals surface area contributed by atoms with E-state index in [1.807, 2.05) is 31.2 Å². The van der Waals surface area contributed by atoms with Crippen LogP contribution in [0.3, 0.4) is 0 Å². The van der Waals surface area contributed by atoms with Crippen molar-refractivity contribution in [3.8, 4) is 16.9 Å². The molecule has 0 aliphatic carbocycles. The number of fused-ring (bicyclic) bond motifs is 2. The van der Waals surface area contributed by atoms with E-state index in [2.05, 4.69) is 38.1 Å². The van der Waals surface area contributed by atoms with Crippen LogP contribution in [0.4, 0.5) is 11.5 Å². The van der Waals surface area contributed by atoms with Crippen LogP contribution in [0, 0.1) is 6.92 Å². The first-order chi connectivity index (χ1) is 12.7. The Balaban J connectivity index is 1.70. The van der Waals surface area contributed by atoms with Crippen molar-refractivity contribution in [1.82, 2.24) is 19.5 Å². The van der Waals surface area contributed by atoms with Gasteiger partial charge in [-0.15, -0.1) is 0 Å². The molecule has 3 aromatic heterocycles. The molecule has 0 atom stereocenters. The highest BCUT2D eigenvalue weighted by atomic mass is 15.1. The van der Waals surface area contributed by atoms with Gasteiger partial charge in [-0.25, -0.2) is 15.0 Å². The minimum atomic E-state index is 0.486. The van der Waals surface area contributed by atoms with Crippen LogP contribution in [-0.4, -0.2) is 26.1 Å². The van der Waals surface area contributed by atoms with Crippen LogP contribution in [-0.2, 0) is 6.42 Å². The minimum Gasteiger partial charge on any atom is -0.384 e. The van der Waals surface area contributed by atoms with Crippen molar-refractivity contribution in [2.24, 2.45) is 0 Å². The monoisotopic (exact) mass is 342 g/mol. The Hall–Kier alpha value is -3.41. The summed E-state index contributed by atoms with van der Waals surface area (Å²) < 4.78 is 2.11. The maximum atomic E-state index is 5.82. The summed E-state index contributed by atoms with van der Waals surface area (Å²) in [6.45, 7) is 3.01. The number of pyridine rings is 2. The van der Waals surface area contributed by atoms with Crippen molar-refractivity contribution >= 4 is 22.7 Å². The Morgan fingerprint density at radius 3 is 2.88 bits per heavy atom. The van der Waals surface area contributed by atoms with Gasteiger partial charge in [0.1, 0.15) is 17.2 Å². The molecule has 0 fully saturated rings. The lowest BCUT2D eigenvalue weighted by Gasteiger charge is -2.09. The summed E-state index contributed by atoms with van der Waals surface area (Å²) in [5.41, 5.74) is 13.0.